The number of hydrogen-bond donors (Lipinski definition) is 1. The third-order valence-corrected chi connectivity index (χ3v) is 3.89. The maximum Gasteiger partial charge on any atom is 0.187 e. The summed E-state index contributed by atoms with van der Waals surface area (Å²) in [6.45, 7) is 4.24. The smallest absolute Gasteiger partial charge is 0.187 e. The molecule has 0 spiro atoms. The minimum Gasteiger partial charge on any atom is -0.331 e. The second-order valence-corrected chi connectivity index (χ2v) is 5.88. The Kier molecular flexibility index (Phi) is 4.00. The molecule has 0 saturated carbocycles. The Hall–Kier alpha value is -1.38. The van der Waals surface area contributed by atoms with Crippen LogP contribution in [0.1, 0.15) is 31.0 Å². The predicted octanol–water partition coefficient (Wildman–Crippen LogP) is 4.64. The molecule has 2 rings (SSSR count). The van der Waals surface area contributed by atoms with Gasteiger partial charge in [0, 0.05) is 9.85 Å². The third-order valence-electron chi connectivity index (χ3n) is 2.45. The average Bonchev–Trinajstić information content (AvgIpc) is 2.80. The fraction of sp³-hybridized carbons (Fsp3) is 0.231. The summed E-state index contributed by atoms with van der Waals surface area (Å²) in [5, 5.41) is 15.0. The van der Waals surface area contributed by atoms with Gasteiger partial charge in [0.15, 0.2) is 5.13 Å². The van der Waals surface area contributed by atoms with Gasteiger partial charge in [0.05, 0.1) is 23.0 Å². The zero-order chi connectivity index (χ0) is 13.1. The summed E-state index contributed by atoms with van der Waals surface area (Å²) >= 11 is 5.03. The minimum atomic E-state index is 0.432. The number of nitrogens with one attached hydrogen (secondary N) is 1. The van der Waals surface area contributed by atoms with E-state index in [1.54, 1.807) is 23.5 Å². The number of nitrogens with zero attached hydrogens (tertiary/aromatic N) is 2. The molecule has 5 heteroatoms. The number of hydrogen-bond acceptors (Lipinski definition) is 4. The van der Waals surface area contributed by atoms with Gasteiger partial charge in [-0.25, -0.2) is 4.98 Å². The molecule has 2 aromatic rings. The summed E-state index contributed by atoms with van der Waals surface area (Å²) < 4.78 is 0.864. The summed E-state index contributed by atoms with van der Waals surface area (Å²) in [4.78, 5) is 4.51. The Bertz CT molecular complexity index is 599. The highest BCUT2D eigenvalue weighted by Crippen LogP contribution is 2.29. The first-order valence-corrected chi connectivity index (χ1v) is 7.19. The van der Waals surface area contributed by atoms with Crippen LogP contribution in [0.4, 0.5) is 10.8 Å². The molecule has 1 aromatic carbocycles. The standard InChI is InChI=1S/C13H12BrN3S/c1-8(2)12-7-18-13(17-12)16-11-4-3-9(6-15)5-10(11)14/h3-5,7-8H,1-2H3,(H,16,17). The van der Waals surface area contributed by atoms with Gasteiger partial charge in [-0.05, 0) is 40.0 Å². The number of benzene rings is 1. The fourth-order valence-corrected chi connectivity index (χ4v) is 2.77. The van der Waals surface area contributed by atoms with Crippen LogP contribution in [-0.2, 0) is 0 Å². The molecule has 0 amide bonds. The SMILES string of the molecule is CC(C)c1csc(Nc2ccc(C#N)cc2Br)n1. The van der Waals surface area contributed by atoms with E-state index in [9.17, 15) is 0 Å². The maximum absolute atomic E-state index is 8.81. The lowest BCUT2D eigenvalue weighted by Crippen LogP contribution is -1.93. The fourth-order valence-electron chi connectivity index (χ4n) is 1.41. The molecule has 0 aliphatic heterocycles. The number of aromatic nitrogens is 1. The van der Waals surface area contributed by atoms with Crippen LogP contribution in [0.15, 0.2) is 28.1 Å². The zero-order valence-electron chi connectivity index (χ0n) is 10.1. The minimum absolute atomic E-state index is 0.432. The molecule has 1 N–H and O–H groups in total. The molecule has 0 unspecified atom stereocenters. The molecule has 0 aliphatic rings. The van der Waals surface area contributed by atoms with Crippen molar-refractivity contribution in [3.05, 3.63) is 39.3 Å². The first-order valence-electron chi connectivity index (χ1n) is 5.52. The van der Waals surface area contributed by atoms with Crippen LogP contribution in [0.25, 0.3) is 0 Å². The lowest BCUT2D eigenvalue weighted by Gasteiger charge is -2.05. The summed E-state index contributed by atoms with van der Waals surface area (Å²) in [7, 11) is 0. The largest absolute Gasteiger partial charge is 0.331 e. The monoisotopic (exact) mass is 321 g/mol. The highest BCUT2D eigenvalue weighted by molar-refractivity contribution is 9.10. The van der Waals surface area contributed by atoms with E-state index in [1.165, 1.54) is 0 Å². The Balaban J connectivity index is 2.21. The number of rotatable bonds is 3. The van der Waals surface area contributed by atoms with E-state index in [1.807, 2.05) is 6.07 Å². The van der Waals surface area contributed by atoms with Crippen LogP contribution in [0.2, 0.25) is 0 Å². The van der Waals surface area contributed by atoms with E-state index in [-0.39, 0.29) is 0 Å². The highest BCUT2D eigenvalue weighted by Gasteiger charge is 2.07. The van der Waals surface area contributed by atoms with Gasteiger partial charge in [-0.15, -0.1) is 11.3 Å². The zero-order valence-corrected chi connectivity index (χ0v) is 12.5. The Labute approximate surface area is 119 Å². The van der Waals surface area contributed by atoms with Crippen LogP contribution in [0.3, 0.4) is 0 Å². The van der Waals surface area contributed by atoms with Crippen molar-refractivity contribution < 1.29 is 0 Å². The molecular formula is C13H12BrN3S. The van der Waals surface area contributed by atoms with E-state index in [2.05, 4.69) is 51.5 Å². The normalized spacial score (nSPS) is 10.4. The lowest BCUT2D eigenvalue weighted by molar-refractivity contribution is 0.834. The van der Waals surface area contributed by atoms with Crippen LogP contribution in [0.5, 0.6) is 0 Å². The van der Waals surface area contributed by atoms with Gasteiger partial charge in [0.25, 0.3) is 0 Å². The Morgan fingerprint density at radius 1 is 1.44 bits per heavy atom. The highest BCUT2D eigenvalue weighted by atomic mass is 79.9. The molecule has 0 atom stereocenters. The van der Waals surface area contributed by atoms with E-state index in [0.29, 0.717) is 11.5 Å². The molecule has 1 heterocycles. The van der Waals surface area contributed by atoms with Crippen molar-refractivity contribution in [3.8, 4) is 6.07 Å². The quantitative estimate of drug-likeness (QED) is 0.895. The maximum atomic E-state index is 8.81. The van der Waals surface area contributed by atoms with Crippen LogP contribution in [-0.4, -0.2) is 4.98 Å². The summed E-state index contributed by atoms with van der Waals surface area (Å²) in [5.41, 5.74) is 2.64. The number of thiazole rings is 1. The average molecular weight is 322 g/mol. The van der Waals surface area contributed by atoms with Gasteiger partial charge in [0.2, 0.25) is 0 Å². The van der Waals surface area contributed by atoms with Crippen molar-refractivity contribution in [1.82, 2.24) is 4.98 Å². The number of halogens is 1. The van der Waals surface area contributed by atoms with Gasteiger partial charge in [0.1, 0.15) is 0 Å². The molecule has 0 saturated heterocycles. The van der Waals surface area contributed by atoms with Crippen molar-refractivity contribution in [3.63, 3.8) is 0 Å². The van der Waals surface area contributed by atoms with Crippen molar-refractivity contribution in [2.24, 2.45) is 0 Å². The molecule has 0 fully saturated rings. The van der Waals surface area contributed by atoms with Crippen LogP contribution in [0, 0.1) is 11.3 Å². The topological polar surface area (TPSA) is 48.7 Å². The molecule has 18 heavy (non-hydrogen) atoms. The van der Waals surface area contributed by atoms with E-state index in [0.717, 1.165) is 21.0 Å². The second kappa shape index (κ2) is 5.51. The van der Waals surface area contributed by atoms with Gasteiger partial charge in [-0.1, -0.05) is 13.8 Å². The first kappa shape index (κ1) is 13.1. The van der Waals surface area contributed by atoms with Crippen molar-refractivity contribution in [2.45, 2.75) is 19.8 Å². The summed E-state index contributed by atoms with van der Waals surface area (Å²) in [6.07, 6.45) is 0. The van der Waals surface area contributed by atoms with Crippen molar-refractivity contribution in [1.29, 1.82) is 5.26 Å². The molecule has 92 valence electrons. The summed E-state index contributed by atoms with van der Waals surface area (Å²) in [5.74, 6) is 0.432. The van der Waals surface area contributed by atoms with Gasteiger partial charge < -0.3 is 5.32 Å². The molecule has 0 radical (unpaired) electrons. The molecule has 1 aromatic heterocycles. The third kappa shape index (κ3) is 2.89. The van der Waals surface area contributed by atoms with Gasteiger partial charge >= 0.3 is 0 Å². The van der Waals surface area contributed by atoms with E-state index >= 15 is 0 Å². The lowest BCUT2D eigenvalue weighted by atomic mass is 10.2. The van der Waals surface area contributed by atoms with Crippen molar-refractivity contribution >= 4 is 38.1 Å². The Morgan fingerprint density at radius 2 is 2.22 bits per heavy atom. The number of nitriles is 1. The second-order valence-electron chi connectivity index (χ2n) is 4.16. The van der Waals surface area contributed by atoms with Crippen molar-refractivity contribution in [2.75, 3.05) is 5.32 Å². The molecule has 3 nitrogen and oxygen atoms in total. The van der Waals surface area contributed by atoms with E-state index in [4.69, 9.17) is 5.26 Å². The Morgan fingerprint density at radius 3 is 2.78 bits per heavy atom. The number of anilines is 2. The van der Waals surface area contributed by atoms with Gasteiger partial charge in [-0.3, -0.25) is 0 Å². The van der Waals surface area contributed by atoms with Crippen LogP contribution < -0.4 is 5.32 Å². The first-order chi connectivity index (χ1) is 8.60. The molecule has 0 aliphatic carbocycles. The molecule has 0 bridgehead atoms. The van der Waals surface area contributed by atoms with Crippen LogP contribution >= 0.6 is 27.3 Å². The summed E-state index contributed by atoms with van der Waals surface area (Å²) in [6, 6.07) is 7.55. The predicted molar refractivity (Wildman–Crippen MR) is 78.3 cm³/mol. The van der Waals surface area contributed by atoms with E-state index < -0.39 is 0 Å². The molecular weight excluding hydrogens is 310 g/mol. The van der Waals surface area contributed by atoms with Gasteiger partial charge in [-0.2, -0.15) is 5.26 Å².